The van der Waals surface area contributed by atoms with Gasteiger partial charge in [0.25, 0.3) is 0 Å². The highest BCUT2D eigenvalue weighted by molar-refractivity contribution is 7.17. The van der Waals surface area contributed by atoms with Crippen LogP contribution in [0.3, 0.4) is 0 Å². The number of nitrogens with zero attached hydrogens (tertiary/aromatic N) is 1. The van der Waals surface area contributed by atoms with Crippen LogP contribution < -0.4 is 15.4 Å². The molecule has 0 fully saturated rings. The second-order valence-corrected chi connectivity index (χ2v) is 11.1. The van der Waals surface area contributed by atoms with Crippen LogP contribution >= 0.6 is 11.3 Å². The molecule has 9 nitrogen and oxygen atoms in total. The van der Waals surface area contributed by atoms with E-state index in [2.05, 4.69) is 45.9 Å². The number of aliphatic carboxylic acids is 1. The lowest BCUT2D eigenvalue weighted by Crippen LogP contribution is -2.46. The minimum absolute atomic E-state index is 0.0167. The van der Waals surface area contributed by atoms with Gasteiger partial charge in [0.05, 0.1) is 12.7 Å². The summed E-state index contributed by atoms with van der Waals surface area (Å²) in [4.78, 5) is 38.3. The van der Waals surface area contributed by atoms with E-state index in [1.165, 1.54) is 16.3 Å². The fourth-order valence-electron chi connectivity index (χ4n) is 5.25. The first-order valence-electron chi connectivity index (χ1n) is 13.3. The summed E-state index contributed by atoms with van der Waals surface area (Å²) in [7, 11) is 1.62. The fourth-order valence-corrected chi connectivity index (χ4v) is 6.49. The minimum atomic E-state index is -1.66. The van der Waals surface area contributed by atoms with E-state index in [1.807, 2.05) is 36.4 Å². The number of hydrogen-bond donors (Lipinski definition) is 4. The van der Waals surface area contributed by atoms with E-state index >= 15 is 0 Å². The van der Waals surface area contributed by atoms with E-state index in [0.717, 1.165) is 40.5 Å². The van der Waals surface area contributed by atoms with Gasteiger partial charge in [-0.1, -0.05) is 54.6 Å². The molecular weight excluding hydrogens is 542 g/mol. The van der Waals surface area contributed by atoms with Gasteiger partial charge in [-0.3, -0.25) is 9.69 Å². The average molecular weight is 574 g/mol. The predicted octanol–water partition coefficient (Wildman–Crippen LogP) is 4.39. The lowest BCUT2D eigenvalue weighted by molar-refractivity contribution is -0.147. The summed E-state index contributed by atoms with van der Waals surface area (Å²) in [6.45, 7) is 2.51. The Morgan fingerprint density at radius 3 is 2.44 bits per heavy atom. The molecule has 1 aliphatic rings. The van der Waals surface area contributed by atoms with Crippen LogP contribution in [0.1, 0.15) is 31.9 Å². The second-order valence-electron chi connectivity index (χ2n) is 10.0. The monoisotopic (exact) mass is 573 g/mol. The number of amides is 1. The number of carboxylic acids is 2. The molecule has 3 aromatic carbocycles. The van der Waals surface area contributed by atoms with Crippen LogP contribution in [0.25, 0.3) is 10.8 Å². The molecule has 1 aromatic heterocycles. The van der Waals surface area contributed by atoms with E-state index in [1.54, 1.807) is 7.11 Å². The molecule has 2 heterocycles. The number of thiophene rings is 1. The Labute approximate surface area is 241 Å². The standard InChI is InChI=1S/C31H31N3O6S/c1-40-24-10-7-20(8-11-24)17-34-18-26-25(27(30(36)37)29(41-26)33-28(35)31(38)39)15-23(34)16-32-13-12-19-6-9-21-4-2-3-5-22(21)14-19/h2-11,14,23,32H,12-13,15-18H2,1H3,(H,33,35)(H,36,37)(H,38,39). The summed E-state index contributed by atoms with van der Waals surface area (Å²) in [5, 5.41) is 27.3. The largest absolute Gasteiger partial charge is 0.497 e. The second kappa shape index (κ2) is 12.5. The molecule has 10 heteroatoms. The van der Waals surface area contributed by atoms with E-state index in [-0.39, 0.29) is 16.6 Å². The number of nitrogens with one attached hydrogen (secondary N) is 2. The lowest BCUT2D eigenvalue weighted by atomic mass is 9.95. The molecule has 5 rings (SSSR count). The molecule has 0 spiro atoms. The van der Waals surface area contributed by atoms with Crippen molar-refractivity contribution in [3.63, 3.8) is 0 Å². The molecule has 0 saturated heterocycles. The fraction of sp³-hybridized carbons (Fsp3) is 0.258. The molecule has 1 aliphatic heterocycles. The average Bonchev–Trinajstić information content (AvgIpc) is 3.32. The lowest BCUT2D eigenvalue weighted by Gasteiger charge is -2.36. The van der Waals surface area contributed by atoms with Crippen molar-refractivity contribution >= 4 is 45.0 Å². The highest BCUT2D eigenvalue weighted by Gasteiger charge is 2.34. The van der Waals surface area contributed by atoms with Crippen molar-refractivity contribution in [1.82, 2.24) is 10.2 Å². The summed E-state index contributed by atoms with van der Waals surface area (Å²) in [6.07, 6.45) is 1.31. The zero-order chi connectivity index (χ0) is 28.9. The Bertz CT molecular complexity index is 1580. The van der Waals surface area contributed by atoms with Crippen LogP contribution in [0, 0.1) is 0 Å². The van der Waals surface area contributed by atoms with Crippen molar-refractivity contribution in [3.8, 4) is 5.75 Å². The van der Waals surface area contributed by atoms with Crippen LogP contribution in [0.2, 0.25) is 0 Å². The van der Waals surface area contributed by atoms with Gasteiger partial charge in [0.2, 0.25) is 0 Å². The number of carboxylic acid groups (broad SMARTS) is 2. The number of hydrogen-bond acceptors (Lipinski definition) is 7. The maximum Gasteiger partial charge on any atom is 0.394 e. The Kier molecular flexibility index (Phi) is 8.63. The molecule has 1 amide bonds. The number of rotatable bonds is 10. The third-order valence-corrected chi connectivity index (χ3v) is 8.49. The number of carbonyl (C=O) groups is 3. The summed E-state index contributed by atoms with van der Waals surface area (Å²) in [5.74, 6) is -3.34. The van der Waals surface area contributed by atoms with Crippen LogP contribution in [0.5, 0.6) is 5.75 Å². The molecular formula is C31H31N3O6S. The number of fused-ring (bicyclic) bond motifs is 2. The van der Waals surface area contributed by atoms with Gasteiger partial charge in [0.15, 0.2) is 0 Å². The Balaban J connectivity index is 1.34. The minimum Gasteiger partial charge on any atom is -0.497 e. The zero-order valence-electron chi connectivity index (χ0n) is 22.6. The number of methoxy groups -OCH3 is 1. The molecule has 41 heavy (non-hydrogen) atoms. The van der Waals surface area contributed by atoms with Crippen molar-refractivity contribution in [2.24, 2.45) is 0 Å². The van der Waals surface area contributed by atoms with Gasteiger partial charge in [0, 0.05) is 30.6 Å². The molecule has 1 unspecified atom stereocenters. The van der Waals surface area contributed by atoms with E-state index in [0.29, 0.717) is 31.6 Å². The molecule has 0 bridgehead atoms. The first kappa shape index (κ1) is 28.3. The highest BCUT2D eigenvalue weighted by Crippen LogP contribution is 2.39. The maximum absolute atomic E-state index is 12.2. The summed E-state index contributed by atoms with van der Waals surface area (Å²) in [5.41, 5.74) is 2.95. The summed E-state index contributed by atoms with van der Waals surface area (Å²) >= 11 is 1.13. The normalized spacial score (nSPS) is 14.9. The molecule has 4 N–H and O–H groups in total. The van der Waals surface area contributed by atoms with Crippen molar-refractivity contribution in [1.29, 1.82) is 0 Å². The van der Waals surface area contributed by atoms with Crippen LogP contribution in [-0.2, 0) is 35.5 Å². The number of carbonyl (C=O) groups excluding carboxylic acids is 1. The van der Waals surface area contributed by atoms with E-state index < -0.39 is 17.8 Å². The van der Waals surface area contributed by atoms with Gasteiger partial charge >= 0.3 is 17.8 Å². The zero-order valence-corrected chi connectivity index (χ0v) is 23.4. The first-order chi connectivity index (χ1) is 19.8. The van der Waals surface area contributed by atoms with Gasteiger partial charge in [0.1, 0.15) is 10.8 Å². The highest BCUT2D eigenvalue weighted by atomic mass is 32.1. The Hall–Kier alpha value is -4.25. The quantitative estimate of drug-likeness (QED) is 0.163. The van der Waals surface area contributed by atoms with Gasteiger partial charge in [-0.05, 0) is 59.0 Å². The molecule has 1 atom stereocenters. The summed E-state index contributed by atoms with van der Waals surface area (Å²) in [6, 6.07) is 22.6. The van der Waals surface area contributed by atoms with Crippen molar-refractivity contribution in [2.75, 3.05) is 25.5 Å². The molecule has 0 aliphatic carbocycles. The molecule has 4 aromatic rings. The SMILES string of the molecule is COc1ccc(CN2Cc3sc(NC(=O)C(=O)O)c(C(=O)O)c3CC2CNCCc2ccc3ccccc3c2)cc1. The smallest absolute Gasteiger partial charge is 0.394 e. The molecule has 212 valence electrons. The van der Waals surface area contributed by atoms with Gasteiger partial charge in [-0.15, -0.1) is 11.3 Å². The topological polar surface area (TPSA) is 128 Å². The van der Waals surface area contributed by atoms with Crippen LogP contribution in [-0.4, -0.2) is 59.2 Å². The van der Waals surface area contributed by atoms with Crippen molar-refractivity contribution in [2.45, 2.75) is 32.0 Å². The Morgan fingerprint density at radius 2 is 1.73 bits per heavy atom. The maximum atomic E-state index is 12.2. The van der Waals surface area contributed by atoms with Crippen LogP contribution in [0.4, 0.5) is 5.00 Å². The van der Waals surface area contributed by atoms with E-state index in [9.17, 15) is 19.5 Å². The van der Waals surface area contributed by atoms with E-state index in [4.69, 9.17) is 9.84 Å². The Morgan fingerprint density at radius 1 is 1.00 bits per heavy atom. The molecule has 0 radical (unpaired) electrons. The van der Waals surface area contributed by atoms with Gasteiger partial charge in [-0.25, -0.2) is 9.59 Å². The predicted molar refractivity (Wildman–Crippen MR) is 158 cm³/mol. The van der Waals surface area contributed by atoms with Gasteiger partial charge < -0.3 is 25.6 Å². The third kappa shape index (κ3) is 6.57. The number of aromatic carboxylic acids is 1. The number of benzene rings is 3. The first-order valence-corrected chi connectivity index (χ1v) is 14.1. The van der Waals surface area contributed by atoms with Crippen molar-refractivity contribution in [3.05, 3.63) is 93.9 Å². The van der Waals surface area contributed by atoms with Crippen molar-refractivity contribution < 1.29 is 29.3 Å². The summed E-state index contributed by atoms with van der Waals surface area (Å²) < 4.78 is 5.29. The third-order valence-electron chi connectivity index (χ3n) is 7.36. The number of anilines is 1. The molecule has 0 saturated carbocycles. The van der Waals surface area contributed by atoms with Gasteiger partial charge in [-0.2, -0.15) is 0 Å². The number of ether oxygens (including phenoxy) is 1. The van der Waals surface area contributed by atoms with Crippen LogP contribution in [0.15, 0.2) is 66.7 Å².